The van der Waals surface area contributed by atoms with Gasteiger partial charge in [0.2, 0.25) is 0 Å². The maximum absolute atomic E-state index is 2.76. The molecule has 0 nitrogen and oxygen atoms in total. The molecule has 0 spiro atoms. The van der Waals surface area contributed by atoms with Crippen molar-refractivity contribution in [3.05, 3.63) is 82.3 Å². The molecule has 0 aromatic heterocycles. The number of allylic oxidation sites excluding steroid dienone is 3. The highest BCUT2D eigenvalue weighted by Gasteiger charge is 2.52. The van der Waals surface area contributed by atoms with Crippen molar-refractivity contribution in [2.75, 3.05) is 0 Å². The second-order valence-electron chi connectivity index (χ2n) is 12.8. The summed E-state index contributed by atoms with van der Waals surface area (Å²) in [6, 6.07) is 25.9. The quantitative estimate of drug-likeness (QED) is 0.372. The average Bonchev–Trinajstić information content (AvgIpc) is 2.95. The van der Waals surface area contributed by atoms with Gasteiger partial charge in [-0.05, 0) is 22.5 Å². The Labute approximate surface area is 195 Å². The van der Waals surface area contributed by atoms with Crippen LogP contribution in [-0.2, 0) is 0 Å². The molecule has 166 valence electrons. The lowest BCUT2D eigenvalue weighted by Crippen LogP contribution is -2.65. The minimum Gasteiger partial charge on any atom is -0.0782 e. The fourth-order valence-corrected chi connectivity index (χ4v) is 21.7. The Morgan fingerprint density at radius 1 is 0.581 bits per heavy atom. The van der Waals surface area contributed by atoms with Gasteiger partial charge in [-0.25, -0.2) is 0 Å². The zero-order valence-corrected chi connectivity index (χ0v) is 25.3. The lowest BCUT2D eigenvalue weighted by Gasteiger charge is -2.41. The van der Waals surface area contributed by atoms with Gasteiger partial charge in [-0.1, -0.05) is 141 Å². The van der Waals surface area contributed by atoms with Crippen molar-refractivity contribution >= 4 is 42.7 Å². The Hall–Kier alpha value is -1.21. The lowest BCUT2D eigenvalue weighted by atomic mass is 10.3. The van der Waals surface area contributed by atoms with Crippen molar-refractivity contribution in [3.8, 4) is 0 Å². The van der Waals surface area contributed by atoms with E-state index in [1.165, 1.54) is 12.1 Å². The van der Waals surface area contributed by atoms with Crippen molar-refractivity contribution < 1.29 is 0 Å². The van der Waals surface area contributed by atoms with Gasteiger partial charge in [-0.15, -0.1) is 0 Å². The molecule has 31 heavy (non-hydrogen) atoms. The fraction of sp³-hybridized carbons (Fsp3) is 0.407. The van der Waals surface area contributed by atoms with Gasteiger partial charge < -0.3 is 0 Å². The molecular weight excluding hydrogens is 437 g/mol. The summed E-state index contributed by atoms with van der Waals surface area (Å²) < 4.78 is 0. The molecule has 0 unspecified atom stereocenters. The van der Waals surface area contributed by atoms with Gasteiger partial charge in [0.05, 0.1) is 8.07 Å². The Morgan fingerprint density at radius 3 is 1.35 bits per heavy atom. The van der Waals surface area contributed by atoms with Gasteiger partial charge in [0.15, 0.2) is 8.07 Å². The van der Waals surface area contributed by atoms with Gasteiger partial charge in [-0.2, -0.15) is 0 Å². The topological polar surface area (TPSA) is 0 Å². The lowest BCUT2D eigenvalue weighted by molar-refractivity contribution is 1.33. The van der Waals surface area contributed by atoms with Crippen LogP contribution in [0.3, 0.4) is 0 Å². The first kappa shape index (κ1) is 24.4. The van der Waals surface area contributed by atoms with E-state index in [0.29, 0.717) is 0 Å². The third kappa shape index (κ3) is 5.24. The average molecular weight is 479 g/mol. The summed E-state index contributed by atoms with van der Waals surface area (Å²) in [4.78, 5) is 1.85. The van der Waals surface area contributed by atoms with Gasteiger partial charge in [0.25, 0.3) is 0 Å². The Balaban J connectivity index is 2.46. The molecule has 0 radical (unpaired) electrons. The fourth-order valence-electron chi connectivity index (χ4n) is 5.26. The van der Waals surface area contributed by atoms with Crippen LogP contribution >= 0.6 is 0 Å². The van der Waals surface area contributed by atoms with Crippen molar-refractivity contribution in [2.45, 2.75) is 71.0 Å². The first-order valence-corrected chi connectivity index (χ1v) is 24.7. The minimum atomic E-state index is -2.19. The summed E-state index contributed by atoms with van der Waals surface area (Å²) in [5.41, 5.74) is 1.73. The van der Waals surface area contributed by atoms with Crippen LogP contribution < -0.4 is 10.4 Å². The highest BCUT2D eigenvalue weighted by atomic mass is 28.4. The van der Waals surface area contributed by atoms with Gasteiger partial charge in [0.1, 0.15) is 0 Å². The molecule has 1 aliphatic heterocycles. The van der Waals surface area contributed by atoms with Crippen LogP contribution in [0.25, 0.3) is 0 Å². The number of benzene rings is 2. The van der Waals surface area contributed by atoms with Crippen LogP contribution in [0.4, 0.5) is 0 Å². The Morgan fingerprint density at radius 2 is 1.00 bits per heavy atom. The van der Waals surface area contributed by atoms with E-state index in [2.05, 4.69) is 126 Å². The van der Waals surface area contributed by atoms with Crippen molar-refractivity contribution in [1.82, 2.24) is 0 Å². The second kappa shape index (κ2) is 8.62. The van der Waals surface area contributed by atoms with E-state index in [1.807, 2.05) is 10.0 Å². The van der Waals surface area contributed by atoms with E-state index < -0.39 is 32.3 Å². The van der Waals surface area contributed by atoms with E-state index in [4.69, 9.17) is 0 Å². The van der Waals surface area contributed by atoms with Crippen molar-refractivity contribution in [1.29, 1.82) is 0 Å². The summed E-state index contributed by atoms with van der Waals surface area (Å²) in [6.07, 6.45) is 2.76. The predicted octanol–water partition coefficient (Wildman–Crippen LogP) is 7.12. The maximum Gasteiger partial charge on any atom is 0.167 e. The van der Waals surface area contributed by atoms with Crippen LogP contribution in [0.15, 0.2) is 82.3 Å². The Kier molecular flexibility index (Phi) is 6.79. The molecule has 0 amide bonds. The molecule has 0 saturated heterocycles. The molecule has 4 heteroatoms. The van der Waals surface area contributed by atoms with Crippen molar-refractivity contribution in [3.63, 3.8) is 0 Å². The van der Waals surface area contributed by atoms with Crippen LogP contribution in [-0.4, -0.2) is 32.3 Å². The molecule has 1 heterocycles. The van der Waals surface area contributed by atoms with E-state index in [-0.39, 0.29) is 0 Å². The molecule has 0 saturated carbocycles. The normalized spacial score (nSPS) is 17.1. The third-order valence-corrected chi connectivity index (χ3v) is 19.3. The highest BCUT2D eigenvalue weighted by molar-refractivity contribution is 7.22. The summed E-state index contributed by atoms with van der Waals surface area (Å²) in [7, 11) is -6.29. The number of rotatable bonds is 7. The summed E-state index contributed by atoms with van der Waals surface area (Å²) in [6.45, 7) is 23.1. The zero-order valence-electron chi connectivity index (χ0n) is 21.3. The minimum absolute atomic E-state index is 1.24. The van der Waals surface area contributed by atoms with Crippen LogP contribution in [0.1, 0.15) is 0 Å². The summed E-state index contributed by atoms with van der Waals surface area (Å²) in [5, 5.41) is 5.08. The standard InChI is InChI=1S/C27H42Si4/c1-28(2,3)21-23-20-27(30(7,8)9)31(24-16-12-10-13-17-24,25-18-14-11-15-19-25)26(23)22-29(4,5)6/h10-20H,21-22H2,1-9H3. The molecule has 2 aromatic carbocycles. The molecule has 0 bridgehead atoms. The summed E-state index contributed by atoms with van der Waals surface area (Å²) >= 11 is 0. The third-order valence-electron chi connectivity index (χ3n) is 6.21. The number of hydrogen-bond acceptors (Lipinski definition) is 0. The molecular formula is C27H42Si4. The van der Waals surface area contributed by atoms with Gasteiger partial charge >= 0.3 is 0 Å². The molecule has 1 aliphatic rings. The van der Waals surface area contributed by atoms with E-state index in [9.17, 15) is 0 Å². The highest BCUT2D eigenvalue weighted by Crippen LogP contribution is 2.44. The molecule has 0 N–H and O–H groups in total. The smallest absolute Gasteiger partial charge is 0.0782 e. The molecule has 2 aromatic rings. The van der Waals surface area contributed by atoms with Crippen molar-refractivity contribution in [2.24, 2.45) is 0 Å². The van der Waals surface area contributed by atoms with Gasteiger partial charge in [0, 0.05) is 16.1 Å². The first-order valence-electron chi connectivity index (χ1n) is 11.8. The molecule has 0 atom stereocenters. The van der Waals surface area contributed by atoms with E-state index in [0.717, 1.165) is 0 Å². The van der Waals surface area contributed by atoms with Crippen LogP contribution in [0.2, 0.25) is 71.0 Å². The molecule has 3 rings (SSSR count). The zero-order chi connectivity index (χ0) is 23.1. The van der Waals surface area contributed by atoms with Crippen LogP contribution in [0, 0.1) is 0 Å². The first-order chi connectivity index (χ1) is 14.2. The van der Waals surface area contributed by atoms with Gasteiger partial charge in [-0.3, -0.25) is 0 Å². The summed E-state index contributed by atoms with van der Waals surface area (Å²) in [5.74, 6) is 0. The molecule has 0 fully saturated rings. The largest absolute Gasteiger partial charge is 0.167 e. The van der Waals surface area contributed by atoms with E-state index in [1.54, 1.807) is 15.9 Å². The Bertz CT molecular complexity index is 926. The SMILES string of the molecule is C[Si](C)(C)CC1=C(C[Si](C)(C)C)[Si](c2ccccc2)(c2ccccc2)C([Si](C)(C)C)=C1. The van der Waals surface area contributed by atoms with E-state index >= 15 is 0 Å². The monoisotopic (exact) mass is 478 g/mol. The second-order valence-corrected chi connectivity index (χ2v) is 33.1. The van der Waals surface area contributed by atoms with Crippen LogP contribution in [0.5, 0.6) is 0 Å². The maximum atomic E-state index is 2.76. The molecule has 0 aliphatic carbocycles. The predicted molar refractivity (Wildman–Crippen MR) is 153 cm³/mol. The number of hydrogen-bond donors (Lipinski definition) is 0.